The van der Waals surface area contributed by atoms with Gasteiger partial charge in [-0.3, -0.25) is 14.3 Å². The highest BCUT2D eigenvalue weighted by Gasteiger charge is 2.34. The average Bonchev–Trinajstić information content (AvgIpc) is 2.78. The maximum absolute atomic E-state index is 12.1. The number of hydrogen-bond donors (Lipinski definition) is 1. The summed E-state index contributed by atoms with van der Waals surface area (Å²) >= 11 is 0. The fourth-order valence-corrected chi connectivity index (χ4v) is 2.52. The van der Waals surface area contributed by atoms with Gasteiger partial charge in [0.1, 0.15) is 6.04 Å². The lowest BCUT2D eigenvalue weighted by molar-refractivity contribution is -0.146. The number of carbonyl (C=O) groups is 2. The van der Waals surface area contributed by atoms with Gasteiger partial charge in [-0.25, -0.2) is 0 Å². The van der Waals surface area contributed by atoms with Crippen LogP contribution < -0.4 is 5.32 Å². The molecule has 6 heteroatoms. The Labute approximate surface area is 119 Å². The van der Waals surface area contributed by atoms with E-state index >= 15 is 0 Å². The number of nitrogens with zero attached hydrogens (tertiary/aromatic N) is 3. The fourth-order valence-electron chi connectivity index (χ4n) is 2.52. The first kappa shape index (κ1) is 14.6. The van der Waals surface area contributed by atoms with E-state index in [9.17, 15) is 9.59 Å². The SMILES string of the molecule is CCCC1C(=O)NCC(=O)N1Cc1cc(CC)nn1C. The highest BCUT2D eigenvalue weighted by atomic mass is 16.2. The quantitative estimate of drug-likeness (QED) is 0.858. The number of rotatable bonds is 5. The lowest BCUT2D eigenvalue weighted by Crippen LogP contribution is -2.57. The predicted molar refractivity (Wildman–Crippen MR) is 74.8 cm³/mol. The first-order chi connectivity index (χ1) is 9.56. The predicted octanol–water partition coefficient (Wildman–Crippen LogP) is 0.610. The molecule has 0 bridgehead atoms. The van der Waals surface area contributed by atoms with Crippen molar-refractivity contribution in [3.05, 3.63) is 17.5 Å². The molecule has 1 fully saturated rings. The summed E-state index contributed by atoms with van der Waals surface area (Å²) in [5.41, 5.74) is 1.97. The Morgan fingerprint density at radius 3 is 2.75 bits per heavy atom. The molecule has 0 saturated carbocycles. The molecule has 1 atom stereocenters. The summed E-state index contributed by atoms with van der Waals surface area (Å²) in [6.45, 7) is 4.60. The van der Waals surface area contributed by atoms with Gasteiger partial charge in [0.25, 0.3) is 0 Å². The van der Waals surface area contributed by atoms with Gasteiger partial charge in [0, 0.05) is 7.05 Å². The van der Waals surface area contributed by atoms with E-state index in [0.29, 0.717) is 13.0 Å². The molecule has 0 aromatic carbocycles. The van der Waals surface area contributed by atoms with Crippen molar-refractivity contribution in [3.8, 4) is 0 Å². The number of carbonyl (C=O) groups excluding carboxylic acids is 2. The number of aromatic nitrogens is 2. The Bertz CT molecular complexity index is 509. The number of amides is 2. The Morgan fingerprint density at radius 2 is 2.15 bits per heavy atom. The summed E-state index contributed by atoms with van der Waals surface area (Å²) in [4.78, 5) is 25.7. The van der Waals surface area contributed by atoms with Crippen LogP contribution in [0.1, 0.15) is 38.1 Å². The van der Waals surface area contributed by atoms with Crippen LogP contribution in [0.5, 0.6) is 0 Å². The van der Waals surface area contributed by atoms with E-state index < -0.39 is 0 Å². The van der Waals surface area contributed by atoms with Crippen LogP contribution in [0.25, 0.3) is 0 Å². The number of aryl methyl sites for hydroxylation is 2. The minimum Gasteiger partial charge on any atom is -0.345 e. The Hall–Kier alpha value is -1.85. The maximum atomic E-state index is 12.1. The molecule has 1 saturated heterocycles. The Kier molecular flexibility index (Phi) is 4.42. The molecule has 0 aliphatic carbocycles. The Morgan fingerprint density at radius 1 is 1.40 bits per heavy atom. The molecule has 1 aromatic rings. The normalized spacial score (nSPS) is 19.4. The van der Waals surface area contributed by atoms with Gasteiger partial charge >= 0.3 is 0 Å². The molecule has 110 valence electrons. The monoisotopic (exact) mass is 278 g/mol. The van der Waals surface area contributed by atoms with Gasteiger partial charge in [-0.1, -0.05) is 20.3 Å². The summed E-state index contributed by atoms with van der Waals surface area (Å²) in [7, 11) is 1.87. The van der Waals surface area contributed by atoms with E-state index in [1.54, 1.807) is 9.58 Å². The highest BCUT2D eigenvalue weighted by molar-refractivity contribution is 5.94. The standard InChI is InChI=1S/C14H22N4O2/c1-4-6-12-14(20)15-8-13(19)18(12)9-11-7-10(5-2)16-17(11)3/h7,12H,4-6,8-9H2,1-3H3,(H,15,20). The first-order valence-electron chi connectivity index (χ1n) is 7.15. The third kappa shape index (κ3) is 2.84. The van der Waals surface area contributed by atoms with Crippen molar-refractivity contribution in [1.29, 1.82) is 0 Å². The van der Waals surface area contributed by atoms with Gasteiger partial charge in [0.15, 0.2) is 0 Å². The topological polar surface area (TPSA) is 67.2 Å². The van der Waals surface area contributed by atoms with Crippen LogP contribution in [0.2, 0.25) is 0 Å². The zero-order valence-corrected chi connectivity index (χ0v) is 12.3. The van der Waals surface area contributed by atoms with Crippen LogP contribution in [0.15, 0.2) is 6.07 Å². The summed E-state index contributed by atoms with van der Waals surface area (Å²) in [5.74, 6) is -0.0772. The van der Waals surface area contributed by atoms with Crippen LogP contribution in [-0.2, 0) is 29.6 Å². The van der Waals surface area contributed by atoms with Crippen molar-refractivity contribution >= 4 is 11.8 Å². The molecule has 2 heterocycles. The second-order valence-electron chi connectivity index (χ2n) is 5.15. The van der Waals surface area contributed by atoms with Crippen molar-refractivity contribution in [2.24, 2.45) is 7.05 Å². The molecular formula is C14H22N4O2. The van der Waals surface area contributed by atoms with E-state index in [2.05, 4.69) is 10.4 Å². The first-order valence-corrected chi connectivity index (χ1v) is 7.15. The molecule has 2 rings (SSSR count). The molecule has 2 amide bonds. The molecule has 6 nitrogen and oxygen atoms in total. The third-order valence-corrected chi connectivity index (χ3v) is 3.70. The zero-order chi connectivity index (χ0) is 14.7. The molecule has 1 unspecified atom stereocenters. The van der Waals surface area contributed by atoms with Gasteiger partial charge in [0.05, 0.1) is 24.5 Å². The van der Waals surface area contributed by atoms with Crippen LogP contribution in [0.3, 0.4) is 0 Å². The van der Waals surface area contributed by atoms with Crippen molar-refractivity contribution in [1.82, 2.24) is 20.0 Å². The molecule has 1 aliphatic rings. The highest BCUT2D eigenvalue weighted by Crippen LogP contribution is 2.16. The average molecular weight is 278 g/mol. The molecule has 0 spiro atoms. The third-order valence-electron chi connectivity index (χ3n) is 3.70. The Balaban J connectivity index is 2.20. The van der Waals surface area contributed by atoms with Gasteiger partial charge in [-0.05, 0) is 18.9 Å². The molecule has 1 N–H and O–H groups in total. The van der Waals surface area contributed by atoms with Crippen LogP contribution in [-0.4, -0.2) is 39.1 Å². The number of piperazine rings is 1. The van der Waals surface area contributed by atoms with Gasteiger partial charge in [-0.15, -0.1) is 0 Å². The largest absolute Gasteiger partial charge is 0.345 e. The van der Waals surface area contributed by atoms with Crippen LogP contribution >= 0.6 is 0 Å². The van der Waals surface area contributed by atoms with Gasteiger partial charge in [-0.2, -0.15) is 5.10 Å². The van der Waals surface area contributed by atoms with E-state index in [-0.39, 0.29) is 24.4 Å². The van der Waals surface area contributed by atoms with Crippen molar-refractivity contribution in [3.63, 3.8) is 0 Å². The van der Waals surface area contributed by atoms with Crippen LogP contribution in [0, 0.1) is 0 Å². The van der Waals surface area contributed by atoms with Crippen LogP contribution in [0.4, 0.5) is 0 Å². The lowest BCUT2D eigenvalue weighted by atomic mass is 10.1. The minimum absolute atomic E-state index is 0.0256. The molecular weight excluding hydrogens is 256 g/mol. The molecule has 1 aliphatic heterocycles. The molecule has 20 heavy (non-hydrogen) atoms. The van der Waals surface area contributed by atoms with E-state index in [1.807, 2.05) is 27.0 Å². The smallest absolute Gasteiger partial charge is 0.243 e. The second kappa shape index (κ2) is 6.07. The van der Waals surface area contributed by atoms with Crippen molar-refractivity contribution in [2.45, 2.75) is 45.7 Å². The maximum Gasteiger partial charge on any atom is 0.243 e. The van der Waals surface area contributed by atoms with Gasteiger partial charge in [0.2, 0.25) is 11.8 Å². The molecule has 1 aromatic heterocycles. The summed E-state index contributed by atoms with van der Waals surface area (Å²) < 4.78 is 1.79. The lowest BCUT2D eigenvalue weighted by Gasteiger charge is -2.34. The van der Waals surface area contributed by atoms with E-state index in [0.717, 1.165) is 24.2 Å². The molecule has 0 radical (unpaired) electrons. The van der Waals surface area contributed by atoms with E-state index in [4.69, 9.17) is 0 Å². The summed E-state index contributed by atoms with van der Waals surface area (Å²) in [6, 6.07) is 1.64. The van der Waals surface area contributed by atoms with Gasteiger partial charge < -0.3 is 10.2 Å². The van der Waals surface area contributed by atoms with E-state index in [1.165, 1.54) is 0 Å². The fraction of sp³-hybridized carbons (Fsp3) is 0.643. The second-order valence-corrected chi connectivity index (χ2v) is 5.15. The van der Waals surface area contributed by atoms with Crippen molar-refractivity contribution < 1.29 is 9.59 Å². The summed E-state index contributed by atoms with van der Waals surface area (Å²) in [6.07, 6.45) is 2.42. The number of hydrogen-bond acceptors (Lipinski definition) is 3. The summed E-state index contributed by atoms with van der Waals surface area (Å²) in [5, 5.41) is 7.05. The number of nitrogens with one attached hydrogen (secondary N) is 1. The zero-order valence-electron chi connectivity index (χ0n) is 12.3. The minimum atomic E-state index is -0.360. The van der Waals surface area contributed by atoms with Crippen molar-refractivity contribution in [2.75, 3.05) is 6.54 Å².